The number of nitrogens with zero attached hydrogens (tertiary/aromatic N) is 3. The van der Waals surface area contributed by atoms with E-state index in [1.54, 1.807) is 25.0 Å². The molecule has 1 aromatic heterocycles. The fraction of sp³-hybridized carbons (Fsp3) is 0.500. The first kappa shape index (κ1) is 13.7. The molecule has 0 unspecified atom stereocenters. The molecule has 0 fully saturated rings. The molecule has 0 radical (unpaired) electrons. The summed E-state index contributed by atoms with van der Waals surface area (Å²) < 4.78 is 0.606. The number of aliphatic imine (C=N–C) groups is 1. The van der Waals surface area contributed by atoms with Gasteiger partial charge in [0, 0.05) is 32.7 Å². The number of thioether (sulfide) groups is 1. The van der Waals surface area contributed by atoms with Crippen LogP contribution in [0.1, 0.15) is 0 Å². The minimum Gasteiger partial charge on any atom is -0.358 e. The van der Waals surface area contributed by atoms with Gasteiger partial charge in [0.1, 0.15) is 0 Å². The predicted octanol–water partition coefficient (Wildman–Crippen LogP) is 2.69. The lowest BCUT2D eigenvalue weighted by molar-refractivity contribution is 0.635. The number of halogens is 1. The van der Waals surface area contributed by atoms with Crippen molar-refractivity contribution in [1.82, 2.24) is 9.88 Å². The normalized spacial score (nSPS) is 10.5. The van der Waals surface area contributed by atoms with Crippen LogP contribution in [0, 0.1) is 0 Å². The van der Waals surface area contributed by atoms with Crippen LogP contribution in [0.2, 0.25) is 4.47 Å². The molecule has 1 aromatic rings. The van der Waals surface area contributed by atoms with Crippen LogP contribution in [0.5, 0.6) is 0 Å². The van der Waals surface area contributed by atoms with Crippen molar-refractivity contribution in [3.63, 3.8) is 0 Å². The topological polar surface area (TPSA) is 28.5 Å². The van der Waals surface area contributed by atoms with Gasteiger partial charge in [0.25, 0.3) is 0 Å². The van der Waals surface area contributed by atoms with E-state index in [2.05, 4.69) is 9.98 Å². The Morgan fingerprint density at radius 1 is 1.64 bits per heavy atom. The third kappa shape index (κ3) is 6.23. The molecule has 0 aliphatic heterocycles. The predicted molar refractivity (Wildman–Crippen MR) is 67.7 cm³/mol. The number of aromatic nitrogens is 1. The van der Waals surface area contributed by atoms with Gasteiger partial charge in [-0.1, -0.05) is 23.4 Å². The molecule has 0 amide bonds. The highest BCUT2D eigenvalue weighted by Crippen LogP contribution is 2.08. The van der Waals surface area contributed by atoms with Crippen LogP contribution in [0.3, 0.4) is 0 Å². The van der Waals surface area contributed by atoms with Crippen molar-refractivity contribution in [3.05, 3.63) is 16.0 Å². The van der Waals surface area contributed by atoms with E-state index in [4.69, 9.17) is 11.6 Å². The first-order valence-electron chi connectivity index (χ1n) is 3.85. The van der Waals surface area contributed by atoms with Gasteiger partial charge < -0.3 is 4.90 Å². The Balaban J connectivity index is 0.000000249. The van der Waals surface area contributed by atoms with Gasteiger partial charge in [0.05, 0.1) is 0 Å². The van der Waals surface area contributed by atoms with E-state index in [0.29, 0.717) is 4.47 Å². The van der Waals surface area contributed by atoms with Gasteiger partial charge in [0.15, 0.2) is 9.63 Å². The Morgan fingerprint density at radius 2 is 2.29 bits per heavy atom. The van der Waals surface area contributed by atoms with Gasteiger partial charge in [-0.2, -0.15) is 0 Å². The van der Waals surface area contributed by atoms with Crippen molar-refractivity contribution in [2.24, 2.45) is 4.99 Å². The van der Waals surface area contributed by atoms with Crippen molar-refractivity contribution in [2.45, 2.75) is 0 Å². The molecule has 0 N–H and O–H groups in total. The van der Waals surface area contributed by atoms with Crippen LogP contribution in [0.25, 0.3) is 0 Å². The van der Waals surface area contributed by atoms with Crippen molar-refractivity contribution in [3.8, 4) is 0 Å². The third-order valence-corrected chi connectivity index (χ3v) is 2.99. The molecule has 0 atom stereocenters. The van der Waals surface area contributed by atoms with Crippen LogP contribution in [0.15, 0.2) is 16.6 Å². The maximum atomic E-state index is 5.36. The zero-order valence-corrected chi connectivity index (χ0v) is 11.1. The van der Waals surface area contributed by atoms with E-state index in [0.717, 1.165) is 5.17 Å². The van der Waals surface area contributed by atoms with Gasteiger partial charge in [-0.15, -0.1) is 11.3 Å². The van der Waals surface area contributed by atoms with Crippen molar-refractivity contribution < 1.29 is 0 Å². The summed E-state index contributed by atoms with van der Waals surface area (Å²) in [5.41, 5.74) is 0. The van der Waals surface area contributed by atoms with Crippen molar-refractivity contribution >= 4 is 39.9 Å². The summed E-state index contributed by atoms with van der Waals surface area (Å²) >= 11 is 8.45. The van der Waals surface area contributed by atoms with E-state index in [1.165, 1.54) is 11.3 Å². The highest BCUT2D eigenvalue weighted by atomic mass is 35.5. The molecular weight excluding hydrogens is 238 g/mol. The Bertz CT molecular complexity index is 260. The minimum absolute atomic E-state index is 0.606. The fourth-order valence-corrected chi connectivity index (χ4v) is 1.79. The van der Waals surface area contributed by atoms with E-state index in [1.807, 2.05) is 30.6 Å². The molecule has 3 nitrogen and oxygen atoms in total. The molecule has 0 aliphatic carbocycles. The van der Waals surface area contributed by atoms with Gasteiger partial charge in [-0.3, -0.25) is 4.99 Å². The number of amidine groups is 1. The van der Waals surface area contributed by atoms with Crippen LogP contribution < -0.4 is 0 Å². The number of hydrogen-bond acceptors (Lipinski definition) is 4. The summed E-state index contributed by atoms with van der Waals surface area (Å²) in [4.78, 5) is 9.70. The quantitative estimate of drug-likeness (QED) is 0.524. The van der Waals surface area contributed by atoms with Crippen LogP contribution in [-0.4, -0.2) is 42.5 Å². The largest absolute Gasteiger partial charge is 0.358 e. The average molecular weight is 252 g/mol. The number of rotatable bonds is 0. The number of hydrogen-bond donors (Lipinski definition) is 0. The highest BCUT2D eigenvalue weighted by Gasteiger charge is 1.93. The monoisotopic (exact) mass is 251 g/mol. The zero-order valence-electron chi connectivity index (χ0n) is 8.69. The third-order valence-electron chi connectivity index (χ3n) is 1.16. The van der Waals surface area contributed by atoms with Crippen LogP contribution >= 0.6 is 34.7 Å². The number of thiazole rings is 1. The molecule has 0 spiro atoms. The maximum absolute atomic E-state index is 5.36. The fourth-order valence-electron chi connectivity index (χ4n) is 0.680. The molecule has 0 saturated carbocycles. The molecule has 1 heterocycles. The van der Waals surface area contributed by atoms with E-state index < -0.39 is 0 Å². The summed E-state index contributed by atoms with van der Waals surface area (Å²) in [5, 5.41) is 2.90. The maximum Gasteiger partial charge on any atom is 0.183 e. The Labute approximate surface area is 98.2 Å². The van der Waals surface area contributed by atoms with Gasteiger partial charge in [-0.25, -0.2) is 4.98 Å². The second-order valence-corrected chi connectivity index (χ2v) is 4.64. The smallest absolute Gasteiger partial charge is 0.183 e. The molecule has 1 rings (SSSR count). The molecule has 0 bridgehead atoms. The lowest BCUT2D eigenvalue weighted by atomic mass is 10.9. The van der Waals surface area contributed by atoms with Crippen LogP contribution in [0.4, 0.5) is 0 Å². The molecule has 0 aliphatic rings. The molecule has 80 valence electrons. The average Bonchev–Trinajstić information content (AvgIpc) is 2.58. The summed E-state index contributed by atoms with van der Waals surface area (Å²) in [6, 6.07) is 0. The van der Waals surface area contributed by atoms with E-state index in [-0.39, 0.29) is 0 Å². The summed E-state index contributed by atoms with van der Waals surface area (Å²) in [6.45, 7) is 0. The SMILES string of the molecule is CN=C(SC)N(C)C.Clc1nccs1. The van der Waals surface area contributed by atoms with E-state index >= 15 is 0 Å². The minimum atomic E-state index is 0.606. The first-order valence-corrected chi connectivity index (χ1v) is 6.33. The van der Waals surface area contributed by atoms with Gasteiger partial charge >= 0.3 is 0 Å². The van der Waals surface area contributed by atoms with Crippen molar-refractivity contribution in [2.75, 3.05) is 27.4 Å². The Hall–Kier alpha value is -0.260. The zero-order chi connectivity index (χ0) is 11.0. The summed E-state index contributed by atoms with van der Waals surface area (Å²) in [7, 11) is 5.77. The highest BCUT2D eigenvalue weighted by molar-refractivity contribution is 8.13. The Morgan fingerprint density at radius 3 is 2.36 bits per heavy atom. The standard InChI is InChI=1S/C5H12N2S.C3H2ClNS/c1-6-5(8-4)7(2)3;4-3-5-1-2-6-3/h1-4H3;1-2H. The second-order valence-electron chi connectivity index (χ2n) is 2.39. The van der Waals surface area contributed by atoms with Gasteiger partial charge in [0.2, 0.25) is 0 Å². The van der Waals surface area contributed by atoms with Crippen molar-refractivity contribution in [1.29, 1.82) is 0 Å². The lowest BCUT2D eigenvalue weighted by Crippen LogP contribution is -2.17. The molecule has 6 heteroatoms. The lowest BCUT2D eigenvalue weighted by Gasteiger charge is -2.10. The molecule has 0 saturated heterocycles. The van der Waals surface area contributed by atoms with Crippen LogP contribution in [-0.2, 0) is 0 Å². The molecule has 0 aromatic carbocycles. The van der Waals surface area contributed by atoms with E-state index in [9.17, 15) is 0 Å². The molecule has 14 heavy (non-hydrogen) atoms. The summed E-state index contributed by atoms with van der Waals surface area (Å²) in [5.74, 6) is 0. The molecular formula is C8H14ClN3S2. The summed E-state index contributed by atoms with van der Waals surface area (Å²) in [6.07, 6.45) is 3.69. The van der Waals surface area contributed by atoms with Gasteiger partial charge in [-0.05, 0) is 6.26 Å². The first-order chi connectivity index (χ1) is 6.61. The second kappa shape index (κ2) is 8.08. The Kier molecular flexibility index (Phi) is 7.93.